The molecule has 0 radical (unpaired) electrons. The number of allylic oxidation sites excluding steroid dienone is 3. The minimum absolute atomic E-state index is 0.704. The van der Waals surface area contributed by atoms with E-state index in [1.165, 1.54) is 12.0 Å². The van der Waals surface area contributed by atoms with Crippen LogP contribution in [0.5, 0.6) is 0 Å². The molecule has 0 amide bonds. The summed E-state index contributed by atoms with van der Waals surface area (Å²) in [4.78, 5) is 0. The van der Waals surface area contributed by atoms with Gasteiger partial charge < -0.3 is 0 Å². The molecule has 0 nitrogen and oxygen atoms in total. The average molecular weight is 150 g/mol. The summed E-state index contributed by atoms with van der Waals surface area (Å²) < 4.78 is 0. The third-order valence-electron chi connectivity index (χ3n) is 2.49. The molecule has 3 unspecified atom stereocenters. The van der Waals surface area contributed by atoms with Gasteiger partial charge in [-0.15, -0.1) is 6.58 Å². The number of hydrogen-bond acceptors (Lipinski definition) is 0. The Balaban J connectivity index is 2.37. The van der Waals surface area contributed by atoms with Crippen molar-refractivity contribution in [3.05, 3.63) is 24.3 Å². The van der Waals surface area contributed by atoms with Crippen molar-refractivity contribution in [1.29, 1.82) is 0 Å². The molecule has 0 heteroatoms. The van der Waals surface area contributed by atoms with Crippen LogP contribution in [-0.2, 0) is 0 Å². The second-order valence-corrected chi connectivity index (χ2v) is 3.90. The van der Waals surface area contributed by atoms with Crippen LogP contribution in [0, 0.1) is 17.8 Å². The Morgan fingerprint density at radius 1 is 1.55 bits per heavy atom. The van der Waals surface area contributed by atoms with Gasteiger partial charge in [-0.2, -0.15) is 0 Å². The third-order valence-corrected chi connectivity index (χ3v) is 2.49. The standard InChI is InChI=1S/C11H18/c1-5-9(4)11-7-10(11)6-8(2)3/h5-6,9-11H,1,7H2,2-4H3. The van der Waals surface area contributed by atoms with Gasteiger partial charge in [-0.05, 0) is 38.0 Å². The minimum atomic E-state index is 0.704. The van der Waals surface area contributed by atoms with E-state index in [9.17, 15) is 0 Å². The first-order valence-electron chi connectivity index (χ1n) is 4.42. The lowest BCUT2D eigenvalue weighted by Gasteiger charge is -2.01. The van der Waals surface area contributed by atoms with Crippen molar-refractivity contribution in [1.82, 2.24) is 0 Å². The molecule has 0 spiro atoms. The number of rotatable bonds is 3. The van der Waals surface area contributed by atoms with E-state index in [-0.39, 0.29) is 0 Å². The van der Waals surface area contributed by atoms with Gasteiger partial charge in [-0.25, -0.2) is 0 Å². The van der Waals surface area contributed by atoms with E-state index in [1.54, 1.807) is 0 Å². The van der Waals surface area contributed by atoms with Gasteiger partial charge in [0, 0.05) is 0 Å². The summed E-state index contributed by atoms with van der Waals surface area (Å²) in [5.74, 6) is 2.45. The zero-order chi connectivity index (χ0) is 8.43. The van der Waals surface area contributed by atoms with Gasteiger partial charge in [0.1, 0.15) is 0 Å². The molecule has 0 aromatic carbocycles. The van der Waals surface area contributed by atoms with Crippen molar-refractivity contribution in [2.24, 2.45) is 17.8 Å². The first-order valence-corrected chi connectivity index (χ1v) is 4.42. The fourth-order valence-electron chi connectivity index (χ4n) is 1.63. The lowest BCUT2D eigenvalue weighted by atomic mass is 10.0. The van der Waals surface area contributed by atoms with E-state index in [0.717, 1.165) is 11.8 Å². The SMILES string of the molecule is C=CC(C)C1CC1C=C(C)C. The predicted molar refractivity (Wildman–Crippen MR) is 50.4 cm³/mol. The smallest absolute Gasteiger partial charge is 0.0194 e. The summed E-state index contributed by atoms with van der Waals surface area (Å²) in [6.45, 7) is 10.4. The van der Waals surface area contributed by atoms with Gasteiger partial charge in [0.05, 0.1) is 0 Å². The first kappa shape index (κ1) is 8.58. The molecule has 1 rings (SSSR count). The second-order valence-electron chi connectivity index (χ2n) is 3.90. The quantitative estimate of drug-likeness (QED) is 0.541. The topological polar surface area (TPSA) is 0 Å². The van der Waals surface area contributed by atoms with Crippen LogP contribution in [-0.4, -0.2) is 0 Å². The van der Waals surface area contributed by atoms with Crippen LogP contribution in [0.25, 0.3) is 0 Å². The van der Waals surface area contributed by atoms with Crippen LogP contribution in [0.3, 0.4) is 0 Å². The molecule has 1 saturated carbocycles. The third kappa shape index (κ3) is 2.21. The van der Waals surface area contributed by atoms with E-state index in [2.05, 4.69) is 39.5 Å². The van der Waals surface area contributed by atoms with E-state index < -0.39 is 0 Å². The maximum absolute atomic E-state index is 3.81. The molecule has 1 aliphatic rings. The Labute approximate surface area is 70.0 Å². The highest BCUT2D eigenvalue weighted by Gasteiger charge is 2.37. The monoisotopic (exact) mass is 150 g/mol. The molecular formula is C11H18. The van der Waals surface area contributed by atoms with Crippen molar-refractivity contribution in [2.75, 3.05) is 0 Å². The maximum atomic E-state index is 3.81. The van der Waals surface area contributed by atoms with E-state index in [1.807, 2.05) is 0 Å². The van der Waals surface area contributed by atoms with Crippen molar-refractivity contribution < 1.29 is 0 Å². The van der Waals surface area contributed by atoms with Crippen LogP contribution in [0.15, 0.2) is 24.3 Å². The van der Waals surface area contributed by atoms with Crippen molar-refractivity contribution >= 4 is 0 Å². The molecule has 11 heavy (non-hydrogen) atoms. The molecule has 62 valence electrons. The molecule has 0 N–H and O–H groups in total. The van der Waals surface area contributed by atoms with Crippen LogP contribution in [0.4, 0.5) is 0 Å². The highest BCUT2D eigenvalue weighted by atomic mass is 14.4. The summed E-state index contributed by atoms with van der Waals surface area (Å²) in [6.07, 6.45) is 5.84. The van der Waals surface area contributed by atoms with Gasteiger partial charge in [0.2, 0.25) is 0 Å². The van der Waals surface area contributed by atoms with Crippen molar-refractivity contribution in [2.45, 2.75) is 27.2 Å². The van der Waals surface area contributed by atoms with E-state index in [4.69, 9.17) is 0 Å². The van der Waals surface area contributed by atoms with Crippen molar-refractivity contribution in [3.63, 3.8) is 0 Å². The average Bonchev–Trinajstić information content (AvgIpc) is 2.65. The Morgan fingerprint density at radius 2 is 2.18 bits per heavy atom. The van der Waals surface area contributed by atoms with Crippen LogP contribution >= 0.6 is 0 Å². The van der Waals surface area contributed by atoms with E-state index in [0.29, 0.717) is 5.92 Å². The molecule has 0 heterocycles. The van der Waals surface area contributed by atoms with Crippen LogP contribution in [0.2, 0.25) is 0 Å². The minimum Gasteiger partial charge on any atom is -0.103 e. The molecule has 1 fully saturated rings. The molecule has 1 aliphatic carbocycles. The van der Waals surface area contributed by atoms with Gasteiger partial charge >= 0.3 is 0 Å². The molecule has 0 aromatic rings. The zero-order valence-corrected chi connectivity index (χ0v) is 7.80. The lowest BCUT2D eigenvalue weighted by Crippen LogP contribution is -1.92. The summed E-state index contributed by atoms with van der Waals surface area (Å²) in [7, 11) is 0. The number of hydrogen-bond donors (Lipinski definition) is 0. The van der Waals surface area contributed by atoms with E-state index >= 15 is 0 Å². The fraction of sp³-hybridized carbons (Fsp3) is 0.636. The van der Waals surface area contributed by atoms with Gasteiger partial charge in [-0.1, -0.05) is 24.6 Å². The molecule has 0 aliphatic heterocycles. The highest BCUT2D eigenvalue weighted by molar-refractivity contribution is 5.09. The highest BCUT2D eigenvalue weighted by Crippen LogP contribution is 2.45. The first-order chi connectivity index (χ1) is 5.15. The lowest BCUT2D eigenvalue weighted by molar-refractivity contribution is 0.602. The molecular weight excluding hydrogens is 132 g/mol. The van der Waals surface area contributed by atoms with Crippen LogP contribution in [0.1, 0.15) is 27.2 Å². The summed E-state index contributed by atoms with van der Waals surface area (Å²) >= 11 is 0. The Morgan fingerprint density at radius 3 is 2.64 bits per heavy atom. The van der Waals surface area contributed by atoms with Gasteiger partial charge in [0.15, 0.2) is 0 Å². The molecule has 3 atom stereocenters. The van der Waals surface area contributed by atoms with Gasteiger partial charge in [-0.3, -0.25) is 0 Å². The summed E-state index contributed by atoms with van der Waals surface area (Å²) in [5.41, 5.74) is 1.45. The zero-order valence-electron chi connectivity index (χ0n) is 7.80. The Hall–Kier alpha value is -0.520. The summed E-state index contributed by atoms with van der Waals surface area (Å²) in [6, 6.07) is 0. The molecule has 0 aromatic heterocycles. The van der Waals surface area contributed by atoms with Crippen molar-refractivity contribution in [3.8, 4) is 0 Å². The molecule has 0 saturated heterocycles. The normalized spacial score (nSPS) is 30.8. The van der Waals surface area contributed by atoms with Gasteiger partial charge in [0.25, 0.3) is 0 Å². The largest absolute Gasteiger partial charge is 0.103 e. The van der Waals surface area contributed by atoms with Crippen LogP contribution < -0.4 is 0 Å². The maximum Gasteiger partial charge on any atom is -0.0194 e. The second kappa shape index (κ2) is 3.25. The summed E-state index contributed by atoms with van der Waals surface area (Å²) in [5, 5.41) is 0. The molecule has 0 bridgehead atoms. The fourth-order valence-corrected chi connectivity index (χ4v) is 1.63. The Kier molecular flexibility index (Phi) is 2.53. The predicted octanol–water partition coefficient (Wildman–Crippen LogP) is 3.41. The Bertz CT molecular complexity index is 172.